The van der Waals surface area contributed by atoms with Crippen LogP contribution in [0.4, 0.5) is 0 Å². The van der Waals surface area contributed by atoms with Crippen LogP contribution in [0.3, 0.4) is 0 Å². The van der Waals surface area contributed by atoms with Gasteiger partial charge in [-0.2, -0.15) is 17.0 Å². The van der Waals surface area contributed by atoms with Crippen molar-refractivity contribution in [1.82, 2.24) is 8.61 Å². The molecule has 112 valence electrons. The summed E-state index contributed by atoms with van der Waals surface area (Å²) in [6.45, 7) is 1.24. The molecule has 2 fully saturated rings. The Kier molecular flexibility index (Phi) is 5.52. The Morgan fingerprint density at radius 3 is 2.21 bits per heavy atom. The fourth-order valence-electron chi connectivity index (χ4n) is 3.11. The first-order chi connectivity index (χ1) is 9.05. The summed E-state index contributed by atoms with van der Waals surface area (Å²) in [7, 11) is -1.52. The molecule has 0 atom stereocenters. The van der Waals surface area contributed by atoms with E-state index in [1.807, 2.05) is 0 Å². The zero-order valence-electron chi connectivity index (χ0n) is 11.7. The fourth-order valence-corrected chi connectivity index (χ4v) is 5.04. The van der Waals surface area contributed by atoms with E-state index in [0.717, 1.165) is 38.5 Å². The highest BCUT2D eigenvalue weighted by Crippen LogP contribution is 2.27. The molecular formula is C13H25ClN2O2S. The second-order valence-corrected chi connectivity index (χ2v) is 8.11. The van der Waals surface area contributed by atoms with E-state index in [1.54, 1.807) is 15.7 Å². The van der Waals surface area contributed by atoms with Gasteiger partial charge in [0, 0.05) is 32.1 Å². The largest absolute Gasteiger partial charge is 0.281 e. The van der Waals surface area contributed by atoms with Gasteiger partial charge in [-0.05, 0) is 31.6 Å². The minimum Gasteiger partial charge on any atom is -0.195 e. The number of rotatable bonds is 4. The molecule has 0 bridgehead atoms. The maximum atomic E-state index is 12.6. The predicted molar refractivity (Wildman–Crippen MR) is 78.6 cm³/mol. The molecule has 0 aromatic rings. The molecule has 0 spiro atoms. The molecular weight excluding hydrogens is 284 g/mol. The third-order valence-electron chi connectivity index (χ3n) is 4.57. The number of hydrogen-bond acceptors (Lipinski definition) is 2. The molecule has 1 saturated carbocycles. The minimum absolute atomic E-state index is 0.199. The Labute approximate surface area is 122 Å². The van der Waals surface area contributed by atoms with Crippen molar-refractivity contribution in [2.75, 3.05) is 26.0 Å². The summed E-state index contributed by atoms with van der Waals surface area (Å²) in [6, 6.07) is 0.199. The van der Waals surface area contributed by atoms with E-state index >= 15 is 0 Å². The van der Waals surface area contributed by atoms with Gasteiger partial charge in [0.05, 0.1) is 0 Å². The Hall–Kier alpha value is 0.160. The molecule has 1 aliphatic carbocycles. The van der Waals surface area contributed by atoms with E-state index in [-0.39, 0.29) is 6.04 Å². The number of alkyl halides is 1. The van der Waals surface area contributed by atoms with Crippen LogP contribution in [0.1, 0.15) is 44.9 Å². The summed E-state index contributed by atoms with van der Waals surface area (Å²) >= 11 is 5.85. The highest BCUT2D eigenvalue weighted by atomic mass is 35.5. The van der Waals surface area contributed by atoms with Crippen molar-refractivity contribution in [2.45, 2.75) is 51.0 Å². The summed E-state index contributed by atoms with van der Waals surface area (Å²) in [5, 5.41) is 0. The number of nitrogens with zero attached hydrogens (tertiary/aromatic N) is 2. The molecule has 0 aromatic heterocycles. The molecule has 2 rings (SSSR count). The lowest BCUT2D eigenvalue weighted by Gasteiger charge is -2.37. The van der Waals surface area contributed by atoms with Gasteiger partial charge in [-0.25, -0.2) is 0 Å². The smallest absolute Gasteiger partial charge is 0.195 e. The average Bonchev–Trinajstić information content (AvgIpc) is 2.47. The normalized spacial score (nSPS) is 25.0. The van der Waals surface area contributed by atoms with E-state index in [1.165, 1.54) is 6.42 Å². The van der Waals surface area contributed by atoms with Crippen molar-refractivity contribution in [3.05, 3.63) is 0 Å². The molecule has 1 heterocycles. The number of hydrogen-bond donors (Lipinski definition) is 0. The lowest BCUT2D eigenvalue weighted by molar-refractivity contribution is 0.237. The van der Waals surface area contributed by atoms with E-state index in [2.05, 4.69) is 0 Å². The predicted octanol–water partition coefficient (Wildman–Crippen LogP) is 2.45. The molecule has 2 aliphatic rings. The SMILES string of the molecule is CN(C1CCCCC1)S(=O)(=O)N1CCC(CCl)CC1. The van der Waals surface area contributed by atoms with Crippen LogP contribution in [-0.4, -0.2) is 49.1 Å². The molecule has 0 unspecified atom stereocenters. The first-order valence-corrected chi connectivity index (χ1v) is 9.28. The van der Waals surface area contributed by atoms with E-state index in [9.17, 15) is 8.42 Å². The molecule has 4 nitrogen and oxygen atoms in total. The maximum absolute atomic E-state index is 12.6. The first-order valence-electron chi connectivity index (χ1n) is 7.34. The summed E-state index contributed by atoms with van der Waals surface area (Å²) in [5.74, 6) is 1.12. The monoisotopic (exact) mass is 308 g/mol. The standard InChI is InChI=1S/C13H25ClN2O2S/c1-15(13-5-3-2-4-6-13)19(17,18)16-9-7-12(11-14)8-10-16/h12-13H,2-11H2,1H3. The lowest BCUT2D eigenvalue weighted by Crippen LogP contribution is -2.49. The van der Waals surface area contributed by atoms with Gasteiger partial charge in [0.2, 0.25) is 0 Å². The van der Waals surface area contributed by atoms with E-state index in [4.69, 9.17) is 11.6 Å². The second-order valence-electron chi connectivity index (χ2n) is 5.81. The third kappa shape index (κ3) is 3.63. The quantitative estimate of drug-likeness (QED) is 0.749. The molecule has 0 N–H and O–H groups in total. The highest BCUT2D eigenvalue weighted by molar-refractivity contribution is 7.86. The Bertz CT molecular complexity index is 374. The Morgan fingerprint density at radius 2 is 1.68 bits per heavy atom. The summed E-state index contributed by atoms with van der Waals surface area (Å²) < 4.78 is 28.5. The zero-order valence-corrected chi connectivity index (χ0v) is 13.3. The van der Waals surface area contributed by atoms with Gasteiger partial charge in [-0.15, -0.1) is 11.6 Å². The Balaban J connectivity index is 1.97. The van der Waals surface area contributed by atoms with Gasteiger partial charge >= 0.3 is 0 Å². The van der Waals surface area contributed by atoms with Gasteiger partial charge in [-0.3, -0.25) is 0 Å². The van der Waals surface area contributed by atoms with Crippen molar-refractivity contribution in [2.24, 2.45) is 5.92 Å². The highest BCUT2D eigenvalue weighted by Gasteiger charge is 2.34. The van der Waals surface area contributed by atoms with E-state index in [0.29, 0.717) is 24.9 Å². The van der Waals surface area contributed by atoms with Crippen LogP contribution in [0, 0.1) is 5.92 Å². The van der Waals surface area contributed by atoms with Gasteiger partial charge in [0.1, 0.15) is 0 Å². The van der Waals surface area contributed by atoms with Crippen LogP contribution < -0.4 is 0 Å². The number of halogens is 1. The van der Waals surface area contributed by atoms with Crippen molar-refractivity contribution in [3.63, 3.8) is 0 Å². The lowest BCUT2D eigenvalue weighted by atomic mass is 9.96. The first kappa shape index (κ1) is 15.5. The van der Waals surface area contributed by atoms with Crippen molar-refractivity contribution >= 4 is 21.8 Å². The molecule has 0 aromatic carbocycles. The third-order valence-corrected chi connectivity index (χ3v) is 7.05. The molecule has 0 radical (unpaired) electrons. The fraction of sp³-hybridized carbons (Fsp3) is 1.00. The van der Waals surface area contributed by atoms with Crippen LogP contribution in [0.5, 0.6) is 0 Å². The molecule has 1 aliphatic heterocycles. The van der Waals surface area contributed by atoms with Gasteiger partial charge in [0.25, 0.3) is 10.2 Å². The second kappa shape index (κ2) is 6.74. The maximum Gasteiger partial charge on any atom is 0.281 e. The van der Waals surface area contributed by atoms with Gasteiger partial charge in [0.15, 0.2) is 0 Å². The number of piperidine rings is 1. The van der Waals surface area contributed by atoms with Crippen LogP contribution in [0.2, 0.25) is 0 Å². The average molecular weight is 309 g/mol. The van der Waals surface area contributed by atoms with Crippen LogP contribution >= 0.6 is 11.6 Å². The molecule has 0 amide bonds. The van der Waals surface area contributed by atoms with Crippen LogP contribution in [-0.2, 0) is 10.2 Å². The summed E-state index contributed by atoms with van der Waals surface area (Å²) in [4.78, 5) is 0. The summed E-state index contributed by atoms with van der Waals surface area (Å²) in [5.41, 5.74) is 0. The van der Waals surface area contributed by atoms with Crippen LogP contribution in [0.25, 0.3) is 0 Å². The van der Waals surface area contributed by atoms with Crippen molar-refractivity contribution in [3.8, 4) is 0 Å². The van der Waals surface area contributed by atoms with Crippen LogP contribution in [0.15, 0.2) is 0 Å². The topological polar surface area (TPSA) is 40.6 Å². The molecule has 19 heavy (non-hydrogen) atoms. The van der Waals surface area contributed by atoms with Gasteiger partial charge < -0.3 is 0 Å². The van der Waals surface area contributed by atoms with E-state index < -0.39 is 10.2 Å². The van der Waals surface area contributed by atoms with Crippen molar-refractivity contribution < 1.29 is 8.42 Å². The van der Waals surface area contributed by atoms with Gasteiger partial charge in [-0.1, -0.05) is 19.3 Å². The van der Waals surface area contributed by atoms with Crippen molar-refractivity contribution in [1.29, 1.82) is 0 Å². The zero-order chi connectivity index (χ0) is 13.9. The molecule has 1 saturated heterocycles. The Morgan fingerprint density at radius 1 is 1.11 bits per heavy atom. The minimum atomic E-state index is -3.27. The molecule has 6 heteroatoms. The summed E-state index contributed by atoms with van der Waals surface area (Å²) in [6.07, 6.45) is 7.34.